The van der Waals surface area contributed by atoms with Gasteiger partial charge in [-0.3, -0.25) is 9.59 Å². The van der Waals surface area contributed by atoms with Gasteiger partial charge in [0, 0.05) is 16.8 Å². The molecule has 0 aliphatic carbocycles. The second-order valence-electron chi connectivity index (χ2n) is 5.78. The topological polar surface area (TPSA) is 73.9 Å². The number of rotatable bonds is 5. The number of hydrogen-bond acceptors (Lipinski definition) is 5. The molecule has 0 bridgehead atoms. The van der Waals surface area contributed by atoms with Crippen molar-refractivity contribution in [3.05, 3.63) is 53.1 Å². The first-order valence-corrected chi connectivity index (χ1v) is 8.53. The third-order valence-electron chi connectivity index (χ3n) is 3.75. The molecule has 7 heteroatoms. The van der Waals surface area contributed by atoms with Crippen molar-refractivity contribution < 1.29 is 23.8 Å². The molecule has 0 spiro atoms. The highest BCUT2D eigenvalue weighted by atomic mass is 35.5. The summed E-state index contributed by atoms with van der Waals surface area (Å²) in [5.74, 6) is 0.293. The van der Waals surface area contributed by atoms with Gasteiger partial charge in [0.15, 0.2) is 17.6 Å². The van der Waals surface area contributed by atoms with Crippen molar-refractivity contribution in [3.8, 4) is 11.5 Å². The molecule has 1 N–H and O–H groups in total. The molecule has 0 saturated heterocycles. The van der Waals surface area contributed by atoms with Crippen LogP contribution in [-0.2, 0) is 20.7 Å². The molecular formula is C19H18ClNO5. The predicted molar refractivity (Wildman–Crippen MR) is 96.8 cm³/mol. The van der Waals surface area contributed by atoms with E-state index in [2.05, 4.69) is 5.32 Å². The van der Waals surface area contributed by atoms with E-state index in [-0.39, 0.29) is 6.42 Å². The normalized spacial score (nSPS) is 13.6. The van der Waals surface area contributed by atoms with Gasteiger partial charge in [-0.05, 0) is 36.8 Å². The first kappa shape index (κ1) is 18.1. The van der Waals surface area contributed by atoms with Crippen molar-refractivity contribution in [1.82, 2.24) is 0 Å². The van der Waals surface area contributed by atoms with Crippen LogP contribution in [0.25, 0.3) is 0 Å². The predicted octanol–water partition coefficient (Wildman–Crippen LogP) is 3.22. The molecular weight excluding hydrogens is 358 g/mol. The second-order valence-corrected chi connectivity index (χ2v) is 6.22. The molecule has 1 heterocycles. The highest BCUT2D eigenvalue weighted by Crippen LogP contribution is 2.32. The van der Waals surface area contributed by atoms with E-state index < -0.39 is 18.0 Å². The lowest BCUT2D eigenvalue weighted by Gasteiger charge is -2.19. The first-order valence-electron chi connectivity index (χ1n) is 8.16. The van der Waals surface area contributed by atoms with Crippen molar-refractivity contribution >= 4 is 29.2 Å². The van der Waals surface area contributed by atoms with Crippen molar-refractivity contribution in [2.75, 3.05) is 18.5 Å². The molecule has 6 nitrogen and oxygen atoms in total. The van der Waals surface area contributed by atoms with Crippen LogP contribution in [0.5, 0.6) is 11.5 Å². The number of fused-ring (bicyclic) bond motifs is 1. The molecule has 3 rings (SSSR count). The Morgan fingerprint density at radius 2 is 1.81 bits per heavy atom. The number of carbonyl (C=O) groups excluding carboxylic acids is 2. The Hall–Kier alpha value is -2.73. The van der Waals surface area contributed by atoms with Crippen LogP contribution in [0.2, 0.25) is 5.02 Å². The molecule has 136 valence electrons. The highest BCUT2D eigenvalue weighted by Gasteiger charge is 2.19. The van der Waals surface area contributed by atoms with E-state index in [1.165, 1.54) is 6.92 Å². The Balaban J connectivity index is 1.54. The first-order chi connectivity index (χ1) is 12.5. The second kappa shape index (κ2) is 8.10. The standard InChI is InChI=1S/C19H18ClNO5/c1-12(26-18(22)10-13-2-4-14(20)5-3-13)19(23)21-15-6-7-16-17(11-15)25-9-8-24-16/h2-7,11-12H,8-10H2,1H3,(H,21,23). The van der Waals surface area contributed by atoms with Gasteiger partial charge in [0.2, 0.25) is 0 Å². The van der Waals surface area contributed by atoms with Crippen LogP contribution < -0.4 is 14.8 Å². The van der Waals surface area contributed by atoms with Crippen molar-refractivity contribution in [1.29, 1.82) is 0 Å². The summed E-state index contributed by atoms with van der Waals surface area (Å²) in [5.41, 5.74) is 1.30. The zero-order valence-corrected chi connectivity index (χ0v) is 14.9. The van der Waals surface area contributed by atoms with E-state index in [0.717, 1.165) is 5.56 Å². The van der Waals surface area contributed by atoms with Gasteiger partial charge in [0.05, 0.1) is 6.42 Å². The van der Waals surface area contributed by atoms with Gasteiger partial charge in [-0.2, -0.15) is 0 Å². The van der Waals surface area contributed by atoms with Crippen molar-refractivity contribution in [2.45, 2.75) is 19.4 Å². The summed E-state index contributed by atoms with van der Waals surface area (Å²) in [4.78, 5) is 24.2. The van der Waals surface area contributed by atoms with E-state index in [4.69, 9.17) is 25.8 Å². The summed E-state index contributed by atoms with van der Waals surface area (Å²) in [5, 5.41) is 3.29. The molecule has 26 heavy (non-hydrogen) atoms. The SMILES string of the molecule is CC(OC(=O)Cc1ccc(Cl)cc1)C(=O)Nc1ccc2c(c1)OCCO2. The van der Waals surface area contributed by atoms with E-state index in [0.29, 0.717) is 35.4 Å². The Bertz CT molecular complexity index is 806. The summed E-state index contributed by atoms with van der Waals surface area (Å²) in [7, 11) is 0. The van der Waals surface area contributed by atoms with Gasteiger partial charge in [-0.25, -0.2) is 0 Å². The zero-order chi connectivity index (χ0) is 18.5. The average Bonchev–Trinajstić information content (AvgIpc) is 2.63. The number of ether oxygens (including phenoxy) is 3. The fourth-order valence-corrected chi connectivity index (χ4v) is 2.55. The molecule has 0 aromatic heterocycles. The molecule has 2 aromatic carbocycles. The van der Waals surface area contributed by atoms with Crippen LogP contribution >= 0.6 is 11.6 Å². The Kier molecular flexibility index (Phi) is 5.63. The summed E-state index contributed by atoms with van der Waals surface area (Å²) >= 11 is 5.81. The molecule has 1 atom stereocenters. The van der Waals surface area contributed by atoms with Gasteiger partial charge in [-0.1, -0.05) is 23.7 Å². The fourth-order valence-electron chi connectivity index (χ4n) is 2.43. The monoisotopic (exact) mass is 375 g/mol. The van der Waals surface area contributed by atoms with E-state index >= 15 is 0 Å². The molecule has 0 saturated carbocycles. The van der Waals surface area contributed by atoms with Crippen LogP contribution in [0.3, 0.4) is 0 Å². The van der Waals surface area contributed by atoms with Crippen LogP contribution in [0, 0.1) is 0 Å². The summed E-state index contributed by atoms with van der Waals surface area (Å²) in [6, 6.07) is 12.0. The Labute approximate surface area is 156 Å². The highest BCUT2D eigenvalue weighted by molar-refractivity contribution is 6.30. The van der Waals surface area contributed by atoms with Gasteiger partial charge in [0.1, 0.15) is 13.2 Å². The molecule has 0 fully saturated rings. The van der Waals surface area contributed by atoms with E-state index in [1.807, 2.05) is 0 Å². The lowest BCUT2D eigenvalue weighted by molar-refractivity contribution is -0.152. The molecule has 1 amide bonds. The van der Waals surface area contributed by atoms with E-state index in [9.17, 15) is 9.59 Å². The van der Waals surface area contributed by atoms with Gasteiger partial charge < -0.3 is 19.5 Å². The lowest BCUT2D eigenvalue weighted by Crippen LogP contribution is -2.30. The molecule has 1 aliphatic rings. The molecule has 2 aromatic rings. The number of nitrogens with one attached hydrogen (secondary N) is 1. The quantitative estimate of drug-likeness (QED) is 0.812. The minimum absolute atomic E-state index is 0.0683. The molecule has 1 unspecified atom stereocenters. The van der Waals surface area contributed by atoms with Crippen LogP contribution in [0.15, 0.2) is 42.5 Å². The van der Waals surface area contributed by atoms with Gasteiger partial charge in [0.25, 0.3) is 5.91 Å². The van der Waals surface area contributed by atoms with E-state index in [1.54, 1.807) is 42.5 Å². The summed E-state index contributed by atoms with van der Waals surface area (Å²) in [6.45, 7) is 2.48. The number of amides is 1. The van der Waals surface area contributed by atoms with Crippen LogP contribution in [0.1, 0.15) is 12.5 Å². The van der Waals surface area contributed by atoms with Crippen molar-refractivity contribution in [2.24, 2.45) is 0 Å². The van der Waals surface area contributed by atoms with Gasteiger partial charge in [-0.15, -0.1) is 0 Å². The number of hydrogen-bond donors (Lipinski definition) is 1. The Morgan fingerprint density at radius 1 is 1.12 bits per heavy atom. The van der Waals surface area contributed by atoms with Crippen LogP contribution in [0.4, 0.5) is 5.69 Å². The van der Waals surface area contributed by atoms with Gasteiger partial charge >= 0.3 is 5.97 Å². The minimum Gasteiger partial charge on any atom is -0.486 e. The number of carbonyl (C=O) groups is 2. The minimum atomic E-state index is -0.928. The smallest absolute Gasteiger partial charge is 0.311 e. The summed E-state index contributed by atoms with van der Waals surface area (Å²) < 4.78 is 16.1. The maximum absolute atomic E-state index is 12.2. The molecule has 0 radical (unpaired) electrons. The number of esters is 1. The van der Waals surface area contributed by atoms with Crippen LogP contribution in [-0.4, -0.2) is 31.2 Å². The third-order valence-corrected chi connectivity index (χ3v) is 4.00. The number of benzene rings is 2. The van der Waals surface area contributed by atoms with Crippen molar-refractivity contribution in [3.63, 3.8) is 0 Å². The zero-order valence-electron chi connectivity index (χ0n) is 14.2. The molecule has 1 aliphatic heterocycles. The maximum Gasteiger partial charge on any atom is 0.311 e. The maximum atomic E-state index is 12.2. The fraction of sp³-hybridized carbons (Fsp3) is 0.263. The summed E-state index contributed by atoms with van der Waals surface area (Å²) in [6.07, 6.45) is -0.860. The number of anilines is 1. The Morgan fingerprint density at radius 3 is 2.54 bits per heavy atom. The third kappa shape index (κ3) is 4.67. The number of halogens is 1. The lowest BCUT2D eigenvalue weighted by atomic mass is 10.1. The average molecular weight is 376 g/mol. The largest absolute Gasteiger partial charge is 0.486 e.